The summed E-state index contributed by atoms with van der Waals surface area (Å²) in [5, 5.41) is 1.99. The fourth-order valence-electron chi connectivity index (χ4n) is 3.96. The molecular weight excluding hydrogens is 344 g/mol. The fraction of sp³-hybridized carbons (Fsp3) is 0.600. The molecule has 0 spiro atoms. The van der Waals surface area contributed by atoms with Crippen LogP contribution in [0.3, 0.4) is 0 Å². The average Bonchev–Trinajstić information content (AvgIpc) is 3.00. The molecule has 1 aromatic heterocycles. The average molecular weight is 375 g/mol. The molecule has 0 bridgehead atoms. The molecule has 5 nitrogen and oxygen atoms in total. The van der Waals surface area contributed by atoms with Crippen LogP contribution in [0, 0.1) is 11.8 Å². The van der Waals surface area contributed by atoms with Crippen molar-refractivity contribution in [3.8, 4) is 0 Å². The molecule has 0 saturated heterocycles. The SMILES string of the molecule is CCCN(CC1CCC(CN)CC1)C(=O)C1=Cc2sccc2N=C(N)C1. The zero-order valence-electron chi connectivity index (χ0n) is 15.6. The number of nitrogens with zero attached hydrogens (tertiary/aromatic N) is 2. The molecule has 142 valence electrons. The Hall–Kier alpha value is -1.66. The predicted molar refractivity (Wildman–Crippen MR) is 110 cm³/mol. The molecule has 0 radical (unpaired) electrons. The summed E-state index contributed by atoms with van der Waals surface area (Å²) < 4.78 is 0. The van der Waals surface area contributed by atoms with E-state index in [1.807, 2.05) is 22.4 Å². The standard InChI is InChI=1S/C20H30N4OS/c1-2-8-24(13-15-5-3-14(12-21)4-6-15)20(25)16-10-18-17(7-9-26-18)23-19(22)11-16/h7,9-10,14-15H,2-6,8,11-13,21H2,1H3,(H2,22,23). The van der Waals surface area contributed by atoms with E-state index in [-0.39, 0.29) is 5.91 Å². The summed E-state index contributed by atoms with van der Waals surface area (Å²) >= 11 is 1.60. The van der Waals surface area contributed by atoms with Gasteiger partial charge in [-0.1, -0.05) is 6.92 Å². The summed E-state index contributed by atoms with van der Waals surface area (Å²) in [6, 6.07) is 1.95. The Bertz CT molecular complexity index is 686. The largest absolute Gasteiger partial charge is 0.387 e. The fourth-order valence-corrected chi connectivity index (χ4v) is 4.75. The number of fused-ring (bicyclic) bond motifs is 1. The molecule has 2 aliphatic rings. The van der Waals surface area contributed by atoms with Crippen LogP contribution in [0.5, 0.6) is 0 Å². The molecule has 2 heterocycles. The maximum atomic E-state index is 13.2. The van der Waals surface area contributed by atoms with Gasteiger partial charge in [-0.25, -0.2) is 4.99 Å². The minimum atomic E-state index is 0.118. The van der Waals surface area contributed by atoms with E-state index in [1.165, 1.54) is 25.7 Å². The third-order valence-corrected chi connectivity index (χ3v) is 6.30. The normalized spacial score (nSPS) is 22.8. The molecule has 1 fully saturated rings. The van der Waals surface area contributed by atoms with Crippen molar-refractivity contribution in [1.29, 1.82) is 0 Å². The van der Waals surface area contributed by atoms with E-state index < -0.39 is 0 Å². The first-order valence-corrected chi connectivity index (χ1v) is 10.6. The first-order valence-electron chi connectivity index (χ1n) is 9.71. The molecule has 3 rings (SSSR count). The Labute approximate surface area is 160 Å². The Morgan fingerprint density at radius 1 is 1.31 bits per heavy atom. The van der Waals surface area contributed by atoms with Gasteiger partial charge in [0.05, 0.1) is 10.6 Å². The number of carbonyl (C=O) groups excluding carboxylic acids is 1. The van der Waals surface area contributed by atoms with Crippen LogP contribution < -0.4 is 11.5 Å². The van der Waals surface area contributed by atoms with Gasteiger partial charge in [-0.15, -0.1) is 11.3 Å². The zero-order chi connectivity index (χ0) is 18.5. The van der Waals surface area contributed by atoms with E-state index >= 15 is 0 Å². The highest BCUT2D eigenvalue weighted by Gasteiger charge is 2.26. The third kappa shape index (κ3) is 4.54. The van der Waals surface area contributed by atoms with Gasteiger partial charge in [-0.3, -0.25) is 4.79 Å². The summed E-state index contributed by atoms with van der Waals surface area (Å²) in [5.74, 6) is 1.89. The second-order valence-electron chi connectivity index (χ2n) is 7.49. The van der Waals surface area contributed by atoms with Gasteiger partial charge in [0, 0.05) is 25.1 Å². The van der Waals surface area contributed by atoms with Crippen LogP contribution in [0.4, 0.5) is 5.69 Å². The van der Waals surface area contributed by atoms with Gasteiger partial charge in [0.2, 0.25) is 5.91 Å². The maximum Gasteiger partial charge on any atom is 0.250 e. The highest BCUT2D eigenvalue weighted by atomic mass is 32.1. The lowest BCUT2D eigenvalue weighted by Crippen LogP contribution is -2.38. The first-order chi connectivity index (χ1) is 12.6. The number of hydrogen-bond donors (Lipinski definition) is 2. The molecule has 1 aromatic rings. The van der Waals surface area contributed by atoms with E-state index in [4.69, 9.17) is 11.5 Å². The van der Waals surface area contributed by atoms with E-state index in [0.717, 1.165) is 42.2 Å². The van der Waals surface area contributed by atoms with Crippen molar-refractivity contribution in [2.45, 2.75) is 45.4 Å². The second-order valence-corrected chi connectivity index (χ2v) is 8.44. The zero-order valence-corrected chi connectivity index (χ0v) is 16.4. The number of nitrogens with two attached hydrogens (primary N) is 2. The Balaban J connectivity index is 1.72. The van der Waals surface area contributed by atoms with Gasteiger partial charge in [0.25, 0.3) is 0 Å². The smallest absolute Gasteiger partial charge is 0.250 e. The molecule has 1 amide bonds. The summed E-state index contributed by atoms with van der Waals surface area (Å²) in [4.78, 5) is 20.7. The summed E-state index contributed by atoms with van der Waals surface area (Å²) in [6.07, 6.45) is 8.11. The van der Waals surface area contributed by atoms with Crippen molar-refractivity contribution in [2.24, 2.45) is 28.3 Å². The number of amides is 1. The number of thiophene rings is 1. The quantitative estimate of drug-likeness (QED) is 0.799. The van der Waals surface area contributed by atoms with Crippen LogP contribution in [0.15, 0.2) is 22.0 Å². The number of amidine groups is 1. The highest BCUT2D eigenvalue weighted by Crippen LogP contribution is 2.32. The van der Waals surface area contributed by atoms with Crippen LogP contribution in [-0.2, 0) is 4.79 Å². The van der Waals surface area contributed by atoms with Crippen LogP contribution in [0.2, 0.25) is 0 Å². The Kier molecular flexibility index (Phi) is 6.48. The minimum absolute atomic E-state index is 0.118. The van der Waals surface area contributed by atoms with Crippen molar-refractivity contribution in [3.63, 3.8) is 0 Å². The van der Waals surface area contributed by atoms with Gasteiger partial charge < -0.3 is 16.4 Å². The lowest BCUT2D eigenvalue weighted by Gasteiger charge is -2.32. The number of carbonyl (C=O) groups is 1. The van der Waals surface area contributed by atoms with Crippen molar-refractivity contribution in [2.75, 3.05) is 19.6 Å². The topological polar surface area (TPSA) is 84.7 Å². The van der Waals surface area contributed by atoms with E-state index in [2.05, 4.69) is 11.9 Å². The molecule has 4 N–H and O–H groups in total. The monoisotopic (exact) mass is 374 g/mol. The van der Waals surface area contributed by atoms with Crippen molar-refractivity contribution >= 4 is 34.8 Å². The number of hydrogen-bond acceptors (Lipinski definition) is 5. The number of rotatable bonds is 6. The summed E-state index contributed by atoms with van der Waals surface area (Å²) in [7, 11) is 0. The molecule has 0 unspecified atom stereocenters. The number of aliphatic imine (C=N–C) groups is 1. The predicted octanol–water partition coefficient (Wildman–Crippen LogP) is 3.53. The minimum Gasteiger partial charge on any atom is -0.387 e. The molecule has 1 saturated carbocycles. The molecular formula is C20H30N4OS. The molecule has 0 aromatic carbocycles. The van der Waals surface area contributed by atoms with Gasteiger partial charge in [0.15, 0.2) is 0 Å². The van der Waals surface area contributed by atoms with E-state index in [1.54, 1.807) is 11.3 Å². The summed E-state index contributed by atoms with van der Waals surface area (Å²) in [5.41, 5.74) is 13.5. The lowest BCUT2D eigenvalue weighted by atomic mass is 9.82. The summed E-state index contributed by atoms with van der Waals surface area (Å²) in [6.45, 7) is 4.55. The van der Waals surface area contributed by atoms with Crippen LogP contribution in [0.1, 0.15) is 50.3 Å². The van der Waals surface area contributed by atoms with Crippen LogP contribution in [-0.4, -0.2) is 36.3 Å². The van der Waals surface area contributed by atoms with Gasteiger partial charge in [0.1, 0.15) is 5.84 Å². The van der Waals surface area contributed by atoms with Crippen molar-refractivity contribution < 1.29 is 4.79 Å². The van der Waals surface area contributed by atoms with Crippen molar-refractivity contribution in [3.05, 3.63) is 21.9 Å². The highest BCUT2D eigenvalue weighted by molar-refractivity contribution is 7.11. The molecule has 6 heteroatoms. The first kappa shape index (κ1) is 19.1. The lowest BCUT2D eigenvalue weighted by molar-refractivity contribution is -0.128. The maximum absolute atomic E-state index is 13.2. The second kappa shape index (κ2) is 8.82. The van der Waals surface area contributed by atoms with Gasteiger partial charge in [-0.2, -0.15) is 0 Å². The van der Waals surface area contributed by atoms with Crippen molar-refractivity contribution in [1.82, 2.24) is 4.90 Å². The van der Waals surface area contributed by atoms with E-state index in [9.17, 15) is 4.79 Å². The molecule has 1 aliphatic heterocycles. The Morgan fingerprint density at radius 3 is 2.73 bits per heavy atom. The van der Waals surface area contributed by atoms with Gasteiger partial charge in [-0.05, 0) is 68.0 Å². The van der Waals surface area contributed by atoms with Crippen LogP contribution in [0.25, 0.3) is 6.08 Å². The molecule has 1 aliphatic carbocycles. The molecule has 0 atom stereocenters. The van der Waals surface area contributed by atoms with E-state index in [0.29, 0.717) is 24.1 Å². The molecule has 26 heavy (non-hydrogen) atoms. The van der Waals surface area contributed by atoms with Gasteiger partial charge >= 0.3 is 0 Å². The third-order valence-electron chi connectivity index (χ3n) is 5.45. The van der Waals surface area contributed by atoms with Crippen LogP contribution >= 0.6 is 11.3 Å². The Morgan fingerprint density at radius 2 is 2.04 bits per heavy atom.